The minimum Gasteiger partial charge on any atom is -0.371 e. The number of benzene rings is 2. The Bertz CT molecular complexity index is 699. The molecule has 132 valence electrons. The molecule has 0 fully saturated rings. The quantitative estimate of drug-likeness (QED) is 0.601. The summed E-state index contributed by atoms with van der Waals surface area (Å²) in [5.41, 5.74) is 4.07. The number of amides is 1. The molecule has 1 aliphatic heterocycles. The number of carbonyl (C=O) groups is 1. The van der Waals surface area contributed by atoms with Gasteiger partial charge in [0, 0.05) is 30.2 Å². The van der Waals surface area contributed by atoms with Crippen LogP contribution in [0.2, 0.25) is 0 Å². The summed E-state index contributed by atoms with van der Waals surface area (Å²) in [5, 5.41) is 3.04. The molecule has 0 spiro atoms. The van der Waals surface area contributed by atoms with E-state index in [2.05, 4.69) is 65.7 Å². The van der Waals surface area contributed by atoms with Gasteiger partial charge in [0.25, 0.3) is 0 Å². The number of hydrogen-bond acceptors (Lipinski definition) is 3. The molecule has 2 aromatic carbocycles. The van der Waals surface area contributed by atoms with Crippen LogP contribution in [0.3, 0.4) is 0 Å². The molecule has 3 nitrogen and oxygen atoms in total. The van der Waals surface area contributed by atoms with Crippen molar-refractivity contribution >= 4 is 23.4 Å². The number of fused-ring (bicyclic) bond motifs is 1. The molecule has 2 aromatic rings. The zero-order chi connectivity index (χ0) is 17.5. The number of anilines is 1. The Morgan fingerprint density at radius 3 is 2.80 bits per heavy atom. The maximum absolute atomic E-state index is 12.0. The third-order valence-corrected chi connectivity index (χ3v) is 5.54. The lowest BCUT2D eigenvalue weighted by atomic mass is 10.0. The van der Waals surface area contributed by atoms with Crippen LogP contribution in [0, 0.1) is 6.92 Å². The fourth-order valence-corrected chi connectivity index (χ4v) is 3.90. The average molecular weight is 355 g/mol. The third-order valence-electron chi connectivity index (χ3n) is 4.52. The Labute approximate surface area is 154 Å². The number of hydrogen-bond donors (Lipinski definition) is 1. The van der Waals surface area contributed by atoms with Crippen LogP contribution in [0.25, 0.3) is 0 Å². The predicted octanol–water partition coefficient (Wildman–Crippen LogP) is 4.05. The van der Waals surface area contributed by atoms with Gasteiger partial charge in [-0.1, -0.05) is 35.9 Å². The summed E-state index contributed by atoms with van der Waals surface area (Å²) in [7, 11) is 0. The summed E-state index contributed by atoms with van der Waals surface area (Å²) in [4.78, 5) is 15.6. The lowest BCUT2D eigenvalue weighted by Gasteiger charge is -2.31. The van der Waals surface area contributed by atoms with E-state index in [9.17, 15) is 4.79 Å². The van der Waals surface area contributed by atoms with E-state index in [0.29, 0.717) is 5.75 Å². The van der Waals surface area contributed by atoms with Gasteiger partial charge >= 0.3 is 0 Å². The number of rotatable bonds is 7. The third kappa shape index (κ3) is 5.27. The van der Waals surface area contributed by atoms with Gasteiger partial charge in [0.05, 0.1) is 5.75 Å². The average Bonchev–Trinajstić information content (AvgIpc) is 2.65. The van der Waals surface area contributed by atoms with Gasteiger partial charge in [-0.3, -0.25) is 4.79 Å². The fraction of sp³-hybridized carbons (Fsp3) is 0.381. The maximum Gasteiger partial charge on any atom is 0.230 e. The molecule has 1 N–H and O–H groups in total. The minimum absolute atomic E-state index is 0.115. The van der Waals surface area contributed by atoms with Gasteiger partial charge in [-0.15, -0.1) is 11.8 Å². The first kappa shape index (κ1) is 17.9. The van der Waals surface area contributed by atoms with Gasteiger partial charge in [0.1, 0.15) is 0 Å². The van der Waals surface area contributed by atoms with E-state index < -0.39 is 0 Å². The minimum atomic E-state index is 0.115. The highest BCUT2D eigenvalue weighted by atomic mass is 32.2. The summed E-state index contributed by atoms with van der Waals surface area (Å²) in [6.07, 6.45) is 3.38. The summed E-state index contributed by atoms with van der Waals surface area (Å²) in [6, 6.07) is 17.0. The highest BCUT2D eigenvalue weighted by molar-refractivity contribution is 8.00. The fourth-order valence-electron chi connectivity index (χ4n) is 3.18. The van der Waals surface area contributed by atoms with Crippen molar-refractivity contribution in [2.75, 3.05) is 30.3 Å². The summed E-state index contributed by atoms with van der Waals surface area (Å²) < 4.78 is 0. The first-order valence-electron chi connectivity index (χ1n) is 9.01. The normalized spacial score (nSPS) is 13.4. The SMILES string of the molecule is Cc1ccc(SCC(=O)NCCCN2CCCc3ccccc32)cc1. The van der Waals surface area contributed by atoms with Gasteiger partial charge in [-0.05, 0) is 49.9 Å². The van der Waals surface area contributed by atoms with Gasteiger partial charge in [0.15, 0.2) is 0 Å². The molecule has 0 aliphatic carbocycles. The molecular formula is C21H26N2OS. The second-order valence-corrected chi connectivity index (χ2v) is 7.57. The predicted molar refractivity (Wildman–Crippen MR) is 107 cm³/mol. The number of aryl methyl sites for hydroxylation is 2. The second kappa shape index (κ2) is 8.95. The maximum atomic E-state index is 12.0. The Morgan fingerprint density at radius 2 is 1.96 bits per heavy atom. The number of nitrogens with zero attached hydrogens (tertiary/aromatic N) is 1. The number of para-hydroxylation sites is 1. The first-order chi connectivity index (χ1) is 12.2. The highest BCUT2D eigenvalue weighted by Crippen LogP contribution is 2.26. The van der Waals surface area contributed by atoms with E-state index >= 15 is 0 Å². The van der Waals surface area contributed by atoms with Crippen LogP contribution in [-0.4, -0.2) is 31.3 Å². The van der Waals surface area contributed by atoms with Crippen LogP contribution in [-0.2, 0) is 11.2 Å². The van der Waals surface area contributed by atoms with E-state index in [4.69, 9.17) is 0 Å². The van der Waals surface area contributed by atoms with E-state index in [0.717, 1.165) is 31.0 Å². The van der Waals surface area contributed by atoms with Gasteiger partial charge in [-0.2, -0.15) is 0 Å². The molecule has 0 bridgehead atoms. The van der Waals surface area contributed by atoms with Crippen molar-refractivity contribution in [2.45, 2.75) is 31.1 Å². The van der Waals surface area contributed by atoms with Crippen molar-refractivity contribution in [3.05, 3.63) is 59.7 Å². The molecule has 0 radical (unpaired) electrons. The first-order valence-corrected chi connectivity index (χ1v) is 10.00. The lowest BCUT2D eigenvalue weighted by Crippen LogP contribution is -2.33. The summed E-state index contributed by atoms with van der Waals surface area (Å²) in [5.74, 6) is 0.597. The van der Waals surface area contributed by atoms with Crippen LogP contribution in [0.1, 0.15) is 24.0 Å². The molecule has 0 atom stereocenters. The van der Waals surface area contributed by atoms with Crippen molar-refractivity contribution in [1.29, 1.82) is 0 Å². The van der Waals surface area contributed by atoms with Gasteiger partial charge in [0.2, 0.25) is 5.91 Å². The van der Waals surface area contributed by atoms with E-state index in [1.807, 2.05) is 0 Å². The standard InChI is InChI=1S/C21H26N2OS/c1-17-9-11-19(12-10-17)25-16-21(24)22-13-5-15-23-14-4-7-18-6-2-3-8-20(18)23/h2-3,6,8-12H,4-5,7,13-16H2,1H3,(H,22,24). The Kier molecular flexibility index (Phi) is 6.40. The van der Waals surface area contributed by atoms with Crippen molar-refractivity contribution in [3.8, 4) is 0 Å². The zero-order valence-electron chi connectivity index (χ0n) is 14.8. The lowest BCUT2D eigenvalue weighted by molar-refractivity contribution is -0.118. The van der Waals surface area contributed by atoms with E-state index in [1.165, 1.54) is 29.7 Å². The van der Waals surface area contributed by atoms with Crippen molar-refractivity contribution in [3.63, 3.8) is 0 Å². The largest absolute Gasteiger partial charge is 0.371 e. The molecule has 4 heteroatoms. The van der Waals surface area contributed by atoms with Crippen LogP contribution in [0.4, 0.5) is 5.69 Å². The molecule has 0 saturated carbocycles. The molecule has 3 rings (SSSR count). The number of nitrogens with one attached hydrogen (secondary N) is 1. The molecule has 0 unspecified atom stereocenters. The Balaban J connectivity index is 1.36. The number of thioether (sulfide) groups is 1. The Morgan fingerprint density at radius 1 is 1.16 bits per heavy atom. The molecule has 0 aromatic heterocycles. The topological polar surface area (TPSA) is 32.3 Å². The van der Waals surface area contributed by atoms with Crippen LogP contribution >= 0.6 is 11.8 Å². The molecule has 1 amide bonds. The smallest absolute Gasteiger partial charge is 0.230 e. The Hall–Kier alpha value is -1.94. The summed E-state index contributed by atoms with van der Waals surface area (Å²) in [6.45, 7) is 4.94. The monoisotopic (exact) mass is 354 g/mol. The number of carbonyl (C=O) groups excluding carboxylic acids is 1. The second-order valence-electron chi connectivity index (χ2n) is 6.52. The molecule has 25 heavy (non-hydrogen) atoms. The van der Waals surface area contributed by atoms with Gasteiger partial charge in [-0.25, -0.2) is 0 Å². The zero-order valence-corrected chi connectivity index (χ0v) is 15.6. The van der Waals surface area contributed by atoms with Crippen LogP contribution in [0.5, 0.6) is 0 Å². The van der Waals surface area contributed by atoms with Crippen molar-refractivity contribution in [2.24, 2.45) is 0 Å². The van der Waals surface area contributed by atoms with Crippen LogP contribution in [0.15, 0.2) is 53.4 Å². The van der Waals surface area contributed by atoms with E-state index in [-0.39, 0.29) is 5.91 Å². The van der Waals surface area contributed by atoms with E-state index in [1.54, 1.807) is 11.8 Å². The van der Waals surface area contributed by atoms with Gasteiger partial charge < -0.3 is 10.2 Å². The molecule has 1 aliphatic rings. The van der Waals surface area contributed by atoms with Crippen molar-refractivity contribution in [1.82, 2.24) is 5.32 Å². The molecular weight excluding hydrogens is 328 g/mol. The molecule has 1 heterocycles. The van der Waals surface area contributed by atoms with Crippen LogP contribution < -0.4 is 10.2 Å². The summed E-state index contributed by atoms with van der Waals surface area (Å²) >= 11 is 1.59. The highest BCUT2D eigenvalue weighted by Gasteiger charge is 2.15. The van der Waals surface area contributed by atoms with Crippen molar-refractivity contribution < 1.29 is 4.79 Å². The molecule has 0 saturated heterocycles.